The Hall–Kier alpha value is -1.33. The third-order valence-electron chi connectivity index (χ3n) is 2.48. The van der Waals surface area contributed by atoms with Gasteiger partial charge in [-0.3, -0.25) is 4.79 Å². The number of amides is 1. The van der Waals surface area contributed by atoms with Crippen LogP contribution < -0.4 is 10.4 Å². The van der Waals surface area contributed by atoms with Crippen molar-refractivity contribution >= 4 is 24.2 Å². The van der Waals surface area contributed by atoms with E-state index in [0.717, 1.165) is 11.3 Å². The summed E-state index contributed by atoms with van der Waals surface area (Å²) in [5.74, 6) is 0.0320. The Labute approximate surface area is 81.9 Å². The number of rotatable bonds is 1. The van der Waals surface area contributed by atoms with E-state index < -0.39 is 7.12 Å². The van der Waals surface area contributed by atoms with Gasteiger partial charge in [0.2, 0.25) is 5.91 Å². The second-order valence-electron chi connectivity index (χ2n) is 3.39. The van der Waals surface area contributed by atoms with E-state index in [2.05, 4.69) is 0 Å². The van der Waals surface area contributed by atoms with Gasteiger partial charge in [-0.25, -0.2) is 0 Å². The minimum atomic E-state index is -1.47. The third kappa shape index (κ3) is 1.30. The average molecular weight is 191 g/mol. The van der Waals surface area contributed by atoms with Crippen LogP contribution in [0.3, 0.4) is 0 Å². The number of carbonyl (C=O) groups excluding carboxylic acids is 1. The van der Waals surface area contributed by atoms with Crippen molar-refractivity contribution < 1.29 is 14.8 Å². The molecule has 2 rings (SSSR count). The van der Waals surface area contributed by atoms with Crippen molar-refractivity contribution in [3.8, 4) is 0 Å². The molecule has 0 atom stereocenters. The fraction of sp³-hybridized carbons (Fsp3) is 0.222. The summed E-state index contributed by atoms with van der Waals surface area (Å²) in [5.41, 5.74) is 2.12. The fourth-order valence-electron chi connectivity index (χ4n) is 1.65. The zero-order valence-corrected chi connectivity index (χ0v) is 7.77. The lowest BCUT2D eigenvalue weighted by atomic mass is 9.79. The lowest BCUT2D eigenvalue weighted by molar-refractivity contribution is -0.117. The van der Waals surface area contributed by atoms with E-state index >= 15 is 0 Å². The molecule has 0 saturated heterocycles. The number of hydrogen-bond acceptors (Lipinski definition) is 3. The summed E-state index contributed by atoms with van der Waals surface area (Å²) >= 11 is 0. The highest BCUT2D eigenvalue weighted by molar-refractivity contribution is 6.58. The minimum absolute atomic E-state index is 0.0320. The van der Waals surface area contributed by atoms with E-state index in [9.17, 15) is 4.79 Å². The molecule has 0 aliphatic carbocycles. The van der Waals surface area contributed by atoms with Gasteiger partial charge in [0.25, 0.3) is 0 Å². The van der Waals surface area contributed by atoms with E-state index in [1.54, 1.807) is 30.1 Å². The molecule has 0 saturated carbocycles. The average Bonchev–Trinajstić information content (AvgIpc) is 2.42. The molecule has 1 aliphatic rings. The maximum atomic E-state index is 11.3. The van der Waals surface area contributed by atoms with Gasteiger partial charge >= 0.3 is 7.12 Å². The molecule has 5 heteroatoms. The van der Waals surface area contributed by atoms with Gasteiger partial charge in [0.05, 0.1) is 6.42 Å². The standard InChI is InChI=1S/C9H10BNO3/c1-11-8-3-2-7(10(13)14)4-6(8)5-9(11)12/h2-4,13-14H,5H2,1H3. The predicted molar refractivity (Wildman–Crippen MR) is 53.4 cm³/mol. The summed E-state index contributed by atoms with van der Waals surface area (Å²) in [4.78, 5) is 12.9. The molecule has 0 spiro atoms. The van der Waals surface area contributed by atoms with Gasteiger partial charge in [0, 0.05) is 12.7 Å². The van der Waals surface area contributed by atoms with Crippen LogP contribution in [0.5, 0.6) is 0 Å². The van der Waals surface area contributed by atoms with Crippen LogP contribution in [0, 0.1) is 0 Å². The Morgan fingerprint density at radius 2 is 2.14 bits per heavy atom. The van der Waals surface area contributed by atoms with Crippen LogP contribution >= 0.6 is 0 Å². The number of carbonyl (C=O) groups is 1. The molecular formula is C9H10BNO3. The summed E-state index contributed by atoms with van der Waals surface area (Å²) in [6.07, 6.45) is 0.340. The number of anilines is 1. The Morgan fingerprint density at radius 3 is 2.79 bits per heavy atom. The molecule has 1 amide bonds. The van der Waals surface area contributed by atoms with Crippen molar-refractivity contribution in [3.63, 3.8) is 0 Å². The van der Waals surface area contributed by atoms with Crippen LogP contribution in [-0.4, -0.2) is 30.1 Å². The number of hydrogen-bond donors (Lipinski definition) is 2. The zero-order chi connectivity index (χ0) is 10.3. The largest absolute Gasteiger partial charge is 0.488 e. The molecule has 1 heterocycles. The molecule has 0 bridgehead atoms. The van der Waals surface area contributed by atoms with Crippen LogP contribution in [0.15, 0.2) is 18.2 Å². The first kappa shape index (κ1) is 9.24. The summed E-state index contributed by atoms with van der Waals surface area (Å²) in [7, 11) is 0.241. The molecule has 0 aromatic heterocycles. The first-order valence-electron chi connectivity index (χ1n) is 4.35. The van der Waals surface area contributed by atoms with Crippen molar-refractivity contribution in [1.82, 2.24) is 0 Å². The highest BCUT2D eigenvalue weighted by Gasteiger charge is 2.25. The zero-order valence-electron chi connectivity index (χ0n) is 7.77. The van der Waals surface area contributed by atoms with Crippen molar-refractivity contribution in [2.45, 2.75) is 6.42 Å². The van der Waals surface area contributed by atoms with Gasteiger partial charge in [0.1, 0.15) is 0 Å². The van der Waals surface area contributed by atoms with Gasteiger partial charge in [-0.1, -0.05) is 12.1 Å². The van der Waals surface area contributed by atoms with Gasteiger partial charge in [0.15, 0.2) is 0 Å². The Bertz CT molecular complexity index is 392. The second-order valence-corrected chi connectivity index (χ2v) is 3.39. The van der Waals surface area contributed by atoms with E-state index in [1.165, 1.54) is 0 Å². The molecule has 1 aliphatic heterocycles. The third-order valence-corrected chi connectivity index (χ3v) is 2.48. The molecule has 72 valence electrons. The van der Waals surface area contributed by atoms with Crippen LogP contribution in [-0.2, 0) is 11.2 Å². The summed E-state index contributed by atoms with van der Waals surface area (Å²) in [6.45, 7) is 0. The van der Waals surface area contributed by atoms with Gasteiger partial charge in [-0.15, -0.1) is 0 Å². The second kappa shape index (κ2) is 3.11. The maximum Gasteiger partial charge on any atom is 0.488 e. The maximum absolute atomic E-state index is 11.3. The molecule has 1 aromatic carbocycles. The number of benzene rings is 1. The fourth-order valence-corrected chi connectivity index (χ4v) is 1.65. The molecular weight excluding hydrogens is 181 g/mol. The van der Waals surface area contributed by atoms with Gasteiger partial charge < -0.3 is 14.9 Å². The van der Waals surface area contributed by atoms with E-state index in [4.69, 9.17) is 10.0 Å². The van der Waals surface area contributed by atoms with Crippen molar-refractivity contribution in [1.29, 1.82) is 0 Å². The van der Waals surface area contributed by atoms with Crippen molar-refractivity contribution in [2.24, 2.45) is 0 Å². The van der Waals surface area contributed by atoms with Crippen LogP contribution in [0.2, 0.25) is 0 Å². The van der Waals surface area contributed by atoms with E-state index in [0.29, 0.717) is 11.9 Å². The topological polar surface area (TPSA) is 60.8 Å². The Morgan fingerprint density at radius 1 is 1.43 bits per heavy atom. The Kier molecular flexibility index (Phi) is 2.05. The van der Waals surface area contributed by atoms with E-state index in [1.807, 2.05) is 0 Å². The molecule has 0 radical (unpaired) electrons. The predicted octanol–water partition coefficient (Wildman–Crippen LogP) is -1.11. The monoisotopic (exact) mass is 191 g/mol. The summed E-state index contributed by atoms with van der Waals surface area (Å²) in [5, 5.41) is 17.9. The molecule has 1 aromatic rings. The molecule has 0 unspecified atom stereocenters. The van der Waals surface area contributed by atoms with Gasteiger partial charge in [-0.05, 0) is 17.1 Å². The summed E-state index contributed by atoms with van der Waals surface area (Å²) < 4.78 is 0. The van der Waals surface area contributed by atoms with Crippen LogP contribution in [0.1, 0.15) is 5.56 Å². The highest BCUT2D eigenvalue weighted by Crippen LogP contribution is 2.25. The van der Waals surface area contributed by atoms with Crippen molar-refractivity contribution in [2.75, 3.05) is 11.9 Å². The smallest absolute Gasteiger partial charge is 0.423 e. The normalized spacial score (nSPS) is 14.5. The molecule has 4 nitrogen and oxygen atoms in total. The lowest BCUT2D eigenvalue weighted by Gasteiger charge is -2.10. The highest BCUT2D eigenvalue weighted by atomic mass is 16.4. The summed E-state index contributed by atoms with van der Waals surface area (Å²) in [6, 6.07) is 5.00. The molecule has 14 heavy (non-hydrogen) atoms. The SMILES string of the molecule is CN1C(=O)Cc2cc(B(O)O)ccc21. The van der Waals surface area contributed by atoms with Crippen molar-refractivity contribution in [3.05, 3.63) is 23.8 Å². The van der Waals surface area contributed by atoms with Crippen LogP contribution in [0.25, 0.3) is 0 Å². The number of likely N-dealkylation sites (N-methyl/N-ethyl adjacent to an activating group) is 1. The Balaban J connectivity index is 2.44. The number of nitrogens with zero attached hydrogens (tertiary/aromatic N) is 1. The van der Waals surface area contributed by atoms with E-state index in [-0.39, 0.29) is 5.91 Å². The molecule has 2 N–H and O–H groups in total. The molecule has 0 fully saturated rings. The minimum Gasteiger partial charge on any atom is -0.423 e. The van der Waals surface area contributed by atoms with Crippen LogP contribution in [0.4, 0.5) is 5.69 Å². The lowest BCUT2D eigenvalue weighted by Crippen LogP contribution is -2.29. The first-order chi connectivity index (χ1) is 6.59. The number of fused-ring (bicyclic) bond motifs is 1. The van der Waals surface area contributed by atoms with Gasteiger partial charge in [-0.2, -0.15) is 0 Å². The first-order valence-corrected chi connectivity index (χ1v) is 4.35. The quantitative estimate of drug-likeness (QED) is 0.553.